The van der Waals surface area contributed by atoms with Crippen molar-refractivity contribution in [1.29, 1.82) is 0 Å². The summed E-state index contributed by atoms with van der Waals surface area (Å²) in [6.45, 7) is 7.04. The van der Waals surface area contributed by atoms with E-state index >= 15 is 0 Å². The number of rotatable bonds is 13. The fourth-order valence-electron chi connectivity index (χ4n) is 3.94. The van der Waals surface area contributed by atoms with Gasteiger partial charge in [0.1, 0.15) is 5.75 Å². The number of benzene rings is 1. The Bertz CT molecular complexity index is 621. The van der Waals surface area contributed by atoms with Crippen molar-refractivity contribution < 1.29 is 19.0 Å². The quantitative estimate of drug-likeness (QED) is 0.381. The van der Waals surface area contributed by atoms with E-state index in [0.717, 1.165) is 65.0 Å². The average Bonchev–Trinajstić information content (AvgIpc) is 2.79. The van der Waals surface area contributed by atoms with Crippen LogP contribution in [-0.4, -0.2) is 75.0 Å². The lowest BCUT2D eigenvalue weighted by atomic mass is 9.92. The molecule has 1 saturated carbocycles. The molecular formula is C24H39ClN2O4. The highest BCUT2D eigenvalue weighted by molar-refractivity contribution is 6.30. The zero-order valence-electron chi connectivity index (χ0n) is 19.4. The second-order valence-corrected chi connectivity index (χ2v) is 8.66. The molecule has 0 aliphatic heterocycles. The van der Waals surface area contributed by atoms with Crippen LogP contribution in [0.25, 0.3) is 0 Å². The number of carbonyl (C=O) groups excluding carboxylic acids is 1. The zero-order chi connectivity index (χ0) is 22.5. The first-order valence-corrected chi connectivity index (χ1v) is 11.9. The lowest BCUT2D eigenvalue weighted by Gasteiger charge is -2.34. The molecule has 0 radical (unpaired) electrons. The minimum atomic E-state index is -0.321. The SMILES string of the molecule is CCN(CCCCCOC1CCC(N(C)C(=O)Oc2ccc(Cl)cc2)CC1)CCOC. The van der Waals surface area contributed by atoms with Crippen LogP contribution in [0.2, 0.25) is 5.02 Å². The van der Waals surface area contributed by atoms with Crippen molar-refractivity contribution in [2.75, 3.05) is 47.0 Å². The lowest BCUT2D eigenvalue weighted by Crippen LogP contribution is -2.42. The molecule has 0 atom stereocenters. The molecule has 31 heavy (non-hydrogen) atoms. The number of nitrogens with zero attached hydrogens (tertiary/aromatic N) is 2. The van der Waals surface area contributed by atoms with Gasteiger partial charge in [0.2, 0.25) is 0 Å². The molecular weight excluding hydrogens is 416 g/mol. The third kappa shape index (κ3) is 9.77. The van der Waals surface area contributed by atoms with Crippen LogP contribution in [0.4, 0.5) is 4.79 Å². The van der Waals surface area contributed by atoms with E-state index in [1.165, 1.54) is 12.8 Å². The molecule has 1 amide bonds. The highest BCUT2D eigenvalue weighted by Crippen LogP contribution is 2.26. The van der Waals surface area contributed by atoms with Gasteiger partial charge < -0.3 is 24.0 Å². The van der Waals surface area contributed by atoms with Gasteiger partial charge in [-0.05, 0) is 82.3 Å². The average molecular weight is 455 g/mol. The summed E-state index contributed by atoms with van der Waals surface area (Å²) in [7, 11) is 3.57. The van der Waals surface area contributed by atoms with Crippen molar-refractivity contribution in [3.05, 3.63) is 29.3 Å². The Kier molecular flexibility index (Phi) is 12.3. The minimum Gasteiger partial charge on any atom is -0.410 e. The van der Waals surface area contributed by atoms with Gasteiger partial charge >= 0.3 is 6.09 Å². The molecule has 0 heterocycles. The predicted molar refractivity (Wildman–Crippen MR) is 125 cm³/mol. The van der Waals surface area contributed by atoms with E-state index in [0.29, 0.717) is 16.9 Å². The molecule has 176 valence electrons. The first-order chi connectivity index (χ1) is 15.0. The maximum Gasteiger partial charge on any atom is 0.415 e. The molecule has 0 spiro atoms. The summed E-state index contributed by atoms with van der Waals surface area (Å²) in [5, 5.41) is 0.622. The minimum absolute atomic E-state index is 0.201. The van der Waals surface area contributed by atoms with Crippen molar-refractivity contribution in [3.8, 4) is 5.75 Å². The number of halogens is 1. The second kappa shape index (κ2) is 14.7. The zero-order valence-corrected chi connectivity index (χ0v) is 20.1. The van der Waals surface area contributed by atoms with Gasteiger partial charge in [-0.25, -0.2) is 4.79 Å². The van der Waals surface area contributed by atoms with Crippen LogP contribution in [0.15, 0.2) is 24.3 Å². The lowest BCUT2D eigenvalue weighted by molar-refractivity contribution is 0.0103. The summed E-state index contributed by atoms with van der Waals surface area (Å²) in [5.41, 5.74) is 0. The Morgan fingerprint density at radius 3 is 2.39 bits per heavy atom. The Morgan fingerprint density at radius 2 is 1.74 bits per heavy atom. The Labute approximate surface area is 192 Å². The summed E-state index contributed by atoms with van der Waals surface area (Å²) in [4.78, 5) is 16.6. The number of amides is 1. The first-order valence-electron chi connectivity index (χ1n) is 11.6. The Hall–Kier alpha value is -1.34. The van der Waals surface area contributed by atoms with E-state index in [1.807, 2.05) is 7.05 Å². The Balaban J connectivity index is 1.56. The fourth-order valence-corrected chi connectivity index (χ4v) is 4.06. The van der Waals surface area contributed by atoms with Crippen molar-refractivity contribution in [2.45, 2.75) is 64.0 Å². The highest BCUT2D eigenvalue weighted by Gasteiger charge is 2.27. The van der Waals surface area contributed by atoms with Crippen LogP contribution in [0, 0.1) is 0 Å². The standard InChI is InChI=1S/C24H39ClN2O4/c1-4-27(17-19-29-3)16-6-5-7-18-30-22-14-10-21(11-15-22)26(2)24(28)31-23-12-8-20(25)9-13-23/h8-9,12-13,21-22H,4-7,10-11,14-19H2,1-3H3. The summed E-state index contributed by atoms with van der Waals surface area (Å²) >= 11 is 5.87. The molecule has 0 bridgehead atoms. The summed E-state index contributed by atoms with van der Waals surface area (Å²) in [5.74, 6) is 0.513. The first kappa shape index (κ1) is 25.9. The fraction of sp³-hybridized carbons (Fsp3) is 0.708. The molecule has 0 unspecified atom stereocenters. The molecule has 1 aromatic rings. The number of unbranched alkanes of at least 4 members (excludes halogenated alkanes) is 2. The molecule has 6 nitrogen and oxygen atoms in total. The predicted octanol–water partition coefficient (Wildman–Crippen LogP) is 5.24. The third-order valence-corrected chi connectivity index (χ3v) is 6.28. The molecule has 1 fully saturated rings. The normalized spacial score (nSPS) is 18.9. The maximum atomic E-state index is 12.4. The van der Waals surface area contributed by atoms with Crippen molar-refractivity contribution in [3.63, 3.8) is 0 Å². The van der Waals surface area contributed by atoms with Crippen LogP contribution in [-0.2, 0) is 9.47 Å². The molecule has 0 aromatic heterocycles. The van der Waals surface area contributed by atoms with Gasteiger partial charge in [0.25, 0.3) is 0 Å². The van der Waals surface area contributed by atoms with Crippen LogP contribution >= 0.6 is 11.6 Å². The molecule has 1 aromatic carbocycles. The smallest absolute Gasteiger partial charge is 0.410 e. The van der Waals surface area contributed by atoms with E-state index in [-0.39, 0.29) is 12.1 Å². The van der Waals surface area contributed by atoms with E-state index in [4.69, 9.17) is 25.8 Å². The van der Waals surface area contributed by atoms with Gasteiger partial charge in [0.15, 0.2) is 0 Å². The van der Waals surface area contributed by atoms with Crippen molar-refractivity contribution in [2.24, 2.45) is 0 Å². The third-order valence-electron chi connectivity index (χ3n) is 6.03. The van der Waals surface area contributed by atoms with E-state index < -0.39 is 0 Å². The second-order valence-electron chi connectivity index (χ2n) is 8.22. The summed E-state index contributed by atoms with van der Waals surface area (Å²) < 4.78 is 16.7. The number of hydrogen-bond acceptors (Lipinski definition) is 5. The summed E-state index contributed by atoms with van der Waals surface area (Å²) in [6.07, 6.45) is 7.36. The van der Waals surface area contributed by atoms with Gasteiger partial charge in [-0.2, -0.15) is 0 Å². The molecule has 0 saturated heterocycles. The molecule has 1 aliphatic rings. The number of methoxy groups -OCH3 is 1. The summed E-state index contributed by atoms with van der Waals surface area (Å²) in [6, 6.07) is 7.05. The van der Waals surface area contributed by atoms with Gasteiger partial charge in [0, 0.05) is 38.4 Å². The number of carbonyl (C=O) groups is 1. The Morgan fingerprint density at radius 1 is 1.03 bits per heavy atom. The topological polar surface area (TPSA) is 51.2 Å². The van der Waals surface area contributed by atoms with Crippen LogP contribution in [0.1, 0.15) is 51.9 Å². The molecule has 1 aliphatic carbocycles. The van der Waals surface area contributed by atoms with E-state index in [2.05, 4.69) is 11.8 Å². The van der Waals surface area contributed by atoms with Crippen molar-refractivity contribution in [1.82, 2.24) is 9.80 Å². The van der Waals surface area contributed by atoms with Gasteiger partial charge in [-0.1, -0.05) is 18.5 Å². The number of likely N-dealkylation sites (N-methyl/N-ethyl adjacent to an activating group) is 1. The molecule has 2 rings (SSSR count). The van der Waals surface area contributed by atoms with Crippen LogP contribution in [0.3, 0.4) is 0 Å². The van der Waals surface area contributed by atoms with Gasteiger partial charge in [-0.3, -0.25) is 0 Å². The molecule has 7 heteroatoms. The maximum absolute atomic E-state index is 12.4. The molecule has 0 N–H and O–H groups in total. The monoisotopic (exact) mass is 454 g/mol. The number of ether oxygens (including phenoxy) is 3. The van der Waals surface area contributed by atoms with E-state index in [9.17, 15) is 4.79 Å². The largest absolute Gasteiger partial charge is 0.415 e. The van der Waals surface area contributed by atoms with Crippen molar-refractivity contribution >= 4 is 17.7 Å². The van der Waals surface area contributed by atoms with E-state index in [1.54, 1.807) is 36.3 Å². The van der Waals surface area contributed by atoms with Crippen LogP contribution < -0.4 is 4.74 Å². The number of hydrogen-bond donors (Lipinski definition) is 0. The van der Waals surface area contributed by atoms with Gasteiger partial charge in [-0.15, -0.1) is 0 Å². The van der Waals surface area contributed by atoms with Crippen LogP contribution in [0.5, 0.6) is 5.75 Å². The van der Waals surface area contributed by atoms with Gasteiger partial charge in [0.05, 0.1) is 12.7 Å². The highest BCUT2D eigenvalue weighted by atomic mass is 35.5.